The summed E-state index contributed by atoms with van der Waals surface area (Å²) in [5, 5.41) is 2.84. The van der Waals surface area contributed by atoms with Crippen LogP contribution < -0.4 is 5.32 Å². The third-order valence-corrected chi connectivity index (χ3v) is 3.71. The van der Waals surface area contributed by atoms with Gasteiger partial charge in [-0.15, -0.1) is 0 Å². The number of halogens is 2. The number of hydrogen-bond donors (Lipinski definition) is 1. The van der Waals surface area contributed by atoms with Crippen LogP contribution >= 0.6 is 31.9 Å². The first-order chi connectivity index (χ1) is 8.04. The van der Waals surface area contributed by atoms with Gasteiger partial charge in [-0.1, -0.05) is 37.9 Å². The predicted octanol–water partition coefficient (Wildman–Crippen LogP) is 2.90. The van der Waals surface area contributed by atoms with Crippen molar-refractivity contribution in [2.75, 3.05) is 20.3 Å². The van der Waals surface area contributed by atoms with Crippen LogP contribution in [0.25, 0.3) is 0 Å². The number of alkyl halides is 1. The predicted molar refractivity (Wildman–Crippen MR) is 75.8 cm³/mol. The molecule has 0 aliphatic carbocycles. The fourth-order valence-corrected chi connectivity index (χ4v) is 2.08. The van der Waals surface area contributed by atoms with Gasteiger partial charge in [-0.05, 0) is 24.6 Å². The van der Waals surface area contributed by atoms with Gasteiger partial charge >= 0.3 is 0 Å². The molecule has 5 heteroatoms. The number of amides is 1. The van der Waals surface area contributed by atoms with Crippen LogP contribution in [0.3, 0.4) is 0 Å². The number of benzene rings is 1. The van der Waals surface area contributed by atoms with Crippen molar-refractivity contribution in [3.63, 3.8) is 0 Å². The Bertz CT molecular complexity index is 396. The highest BCUT2D eigenvalue weighted by atomic mass is 79.9. The smallest absolute Gasteiger partial charge is 0.251 e. The van der Waals surface area contributed by atoms with E-state index < -0.39 is 0 Å². The van der Waals surface area contributed by atoms with Crippen LogP contribution in [0, 0.1) is 6.92 Å². The molecule has 1 aromatic carbocycles. The first-order valence-corrected chi connectivity index (χ1v) is 6.93. The van der Waals surface area contributed by atoms with Gasteiger partial charge < -0.3 is 10.1 Å². The molecule has 0 heterocycles. The van der Waals surface area contributed by atoms with E-state index in [0.717, 1.165) is 10.0 Å². The summed E-state index contributed by atoms with van der Waals surface area (Å²) in [6, 6.07) is 5.55. The molecule has 0 radical (unpaired) electrons. The Morgan fingerprint density at radius 2 is 2.24 bits per heavy atom. The second-order valence-corrected chi connectivity index (χ2v) is 5.88. The van der Waals surface area contributed by atoms with Gasteiger partial charge in [0, 0.05) is 23.7 Å². The van der Waals surface area contributed by atoms with Crippen molar-refractivity contribution in [3.8, 4) is 0 Å². The van der Waals surface area contributed by atoms with Gasteiger partial charge in [-0.3, -0.25) is 4.79 Å². The van der Waals surface area contributed by atoms with Crippen LogP contribution in [0.1, 0.15) is 15.9 Å². The zero-order valence-corrected chi connectivity index (χ0v) is 13.0. The molecule has 0 spiro atoms. The first-order valence-electron chi connectivity index (χ1n) is 5.22. The van der Waals surface area contributed by atoms with Gasteiger partial charge in [0.15, 0.2) is 0 Å². The maximum Gasteiger partial charge on any atom is 0.251 e. The highest BCUT2D eigenvalue weighted by Gasteiger charge is 2.09. The van der Waals surface area contributed by atoms with Gasteiger partial charge in [0.2, 0.25) is 0 Å². The second kappa shape index (κ2) is 7.13. The van der Waals surface area contributed by atoms with Crippen molar-refractivity contribution in [2.45, 2.75) is 11.8 Å². The van der Waals surface area contributed by atoms with Crippen molar-refractivity contribution in [3.05, 3.63) is 33.8 Å². The minimum Gasteiger partial charge on any atom is -0.383 e. The average Bonchev–Trinajstić information content (AvgIpc) is 2.30. The van der Waals surface area contributed by atoms with E-state index in [2.05, 4.69) is 37.2 Å². The quantitative estimate of drug-likeness (QED) is 0.816. The lowest BCUT2D eigenvalue weighted by Gasteiger charge is -2.10. The minimum absolute atomic E-state index is 0.0775. The van der Waals surface area contributed by atoms with Crippen LogP contribution in [-0.4, -0.2) is 31.0 Å². The topological polar surface area (TPSA) is 38.3 Å². The molecular formula is C12H15Br2NO2. The monoisotopic (exact) mass is 363 g/mol. The molecule has 3 nitrogen and oxygen atoms in total. The van der Waals surface area contributed by atoms with E-state index in [1.54, 1.807) is 7.11 Å². The largest absolute Gasteiger partial charge is 0.383 e. The Kier molecular flexibility index (Phi) is 6.16. The first kappa shape index (κ1) is 14.7. The molecule has 0 fully saturated rings. The van der Waals surface area contributed by atoms with E-state index in [1.165, 1.54) is 0 Å². The summed E-state index contributed by atoms with van der Waals surface area (Å²) >= 11 is 6.83. The van der Waals surface area contributed by atoms with E-state index in [4.69, 9.17) is 4.74 Å². The summed E-state index contributed by atoms with van der Waals surface area (Å²) in [6.45, 7) is 3.09. The van der Waals surface area contributed by atoms with E-state index in [9.17, 15) is 4.79 Å². The van der Waals surface area contributed by atoms with Gasteiger partial charge in [-0.25, -0.2) is 0 Å². The molecule has 0 saturated carbocycles. The van der Waals surface area contributed by atoms with Crippen LogP contribution in [0.15, 0.2) is 22.7 Å². The second-order valence-electron chi connectivity index (χ2n) is 3.73. The maximum atomic E-state index is 11.8. The van der Waals surface area contributed by atoms with E-state index in [0.29, 0.717) is 18.7 Å². The molecule has 0 bridgehead atoms. The standard InChI is InChI=1S/C12H15Br2NO2/c1-8-3-4-9(5-11(8)14)12(16)15-6-10(13)7-17-2/h3-5,10H,6-7H2,1-2H3,(H,15,16). The number of hydrogen-bond acceptors (Lipinski definition) is 2. The molecule has 0 aliphatic rings. The van der Waals surface area contributed by atoms with Gasteiger partial charge in [0.1, 0.15) is 0 Å². The lowest BCUT2D eigenvalue weighted by Crippen LogP contribution is -2.31. The number of rotatable bonds is 5. The summed E-state index contributed by atoms with van der Waals surface area (Å²) in [5.74, 6) is -0.0775. The fourth-order valence-electron chi connectivity index (χ4n) is 1.28. The van der Waals surface area contributed by atoms with Crippen molar-refractivity contribution >= 4 is 37.8 Å². The van der Waals surface area contributed by atoms with Crippen molar-refractivity contribution in [1.82, 2.24) is 5.32 Å². The van der Waals surface area contributed by atoms with Gasteiger partial charge in [0.25, 0.3) is 5.91 Å². The van der Waals surface area contributed by atoms with E-state index in [-0.39, 0.29) is 10.7 Å². The van der Waals surface area contributed by atoms with Crippen LogP contribution in [0.5, 0.6) is 0 Å². The number of carbonyl (C=O) groups excluding carboxylic acids is 1. The Morgan fingerprint density at radius 3 is 2.82 bits per heavy atom. The molecule has 94 valence electrons. The van der Waals surface area contributed by atoms with E-state index >= 15 is 0 Å². The summed E-state index contributed by atoms with van der Waals surface area (Å²) < 4.78 is 5.91. The number of ether oxygens (including phenoxy) is 1. The van der Waals surface area contributed by atoms with Gasteiger partial charge in [-0.2, -0.15) is 0 Å². The molecule has 1 N–H and O–H groups in total. The Morgan fingerprint density at radius 1 is 1.53 bits per heavy atom. The normalized spacial score (nSPS) is 12.2. The molecule has 1 atom stereocenters. The Hall–Kier alpha value is -0.390. The lowest BCUT2D eigenvalue weighted by molar-refractivity contribution is 0.0950. The van der Waals surface area contributed by atoms with Gasteiger partial charge in [0.05, 0.1) is 11.4 Å². The molecular weight excluding hydrogens is 350 g/mol. The molecule has 0 aliphatic heterocycles. The van der Waals surface area contributed by atoms with Crippen LogP contribution in [-0.2, 0) is 4.74 Å². The highest BCUT2D eigenvalue weighted by molar-refractivity contribution is 9.10. The minimum atomic E-state index is -0.0775. The molecule has 0 aromatic heterocycles. The summed E-state index contributed by atoms with van der Waals surface area (Å²) in [7, 11) is 1.63. The molecule has 0 saturated heterocycles. The Labute approximate surface area is 118 Å². The highest BCUT2D eigenvalue weighted by Crippen LogP contribution is 2.17. The number of nitrogens with one attached hydrogen (secondary N) is 1. The number of aryl methyl sites for hydroxylation is 1. The number of methoxy groups -OCH3 is 1. The summed E-state index contributed by atoms with van der Waals surface area (Å²) in [6.07, 6.45) is 0. The summed E-state index contributed by atoms with van der Waals surface area (Å²) in [5.41, 5.74) is 1.76. The Balaban J connectivity index is 2.55. The van der Waals surface area contributed by atoms with Crippen molar-refractivity contribution < 1.29 is 9.53 Å². The zero-order chi connectivity index (χ0) is 12.8. The van der Waals surface area contributed by atoms with Crippen molar-refractivity contribution in [1.29, 1.82) is 0 Å². The van der Waals surface area contributed by atoms with Crippen LogP contribution in [0.2, 0.25) is 0 Å². The SMILES string of the molecule is COCC(Br)CNC(=O)c1ccc(C)c(Br)c1. The maximum absolute atomic E-state index is 11.8. The van der Waals surface area contributed by atoms with E-state index in [1.807, 2.05) is 25.1 Å². The fraction of sp³-hybridized carbons (Fsp3) is 0.417. The molecule has 17 heavy (non-hydrogen) atoms. The summed E-state index contributed by atoms with van der Waals surface area (Å²) in [4.78, 5) is 12.0. The molecule has 1 rings (SSSR count). The third-order valence-electron chi connectivity index (χ3n) is 2.27. The van der Waals surface area contributed by atoms with Crippen molar-refractivity contribution in [2.24, 2.45) is 0 Å². The zero-order valence-electron chi connectivity index (χ0n) is 9.80. The number of carbonyl (C=O) groups is 1. The molecule has 1 unspecified atom stereocenters. The van der Waals surface area contributed by atoms with Crippen LogP contribution in [0.4, 0.5) is 0 Å². The lowest BCUT2D eigenvalue weighted by atomic mass is 10.1. The molecule has 1 aromatic rings. The third kappa shape index (κ3) is 4.77. The molecule has 1 amide bonds. The average molecular weight is 365 g/mol.